The highest BCUT2D eigenvalue weighted by molar-refractivity contribution is 5.85. The minimum absolute atomic E-state index is 0. The summed E-state index contributed by atoms with van der Waals surface area (Å²) < 4.78 is 18.8. The van der Waals surface area contributed by atoms with Crippen LogP contribution in [0.2, 0.25) is 0 Å². The Balaban J connectivity index is 0.00000176. The monoisotopic (exact) mass is 325 g/mol. The zero-order valence-corrected chi connectivity index (χ0v) is 13.6. The minimum Gasteiger partial charge on any atom is -0.339 e. The Bertz CT molecular complexity index is 657. The van der Waals surface area contributed by atoms with E-state index >= 15 is 0 Å². The summed E-state index contributed by atoms with van der Waals surface area (Å²) in [6.45, 7) is 3.76. The summed E-state index contributed by atoms with van der Waals surface area (Å²) in [5.41, 5.74) is 7.40. The van der Waals surface area contributed by atoms with Crippen LogP contribution in [0.1, 0.15) is 50.0 Å². The van der Waals surface area contributed by atoms with Crippen molar-refractivity contribution in [1.29, 1.82) is 0 Å². The van der Waals surface area contributed by atoms with Crippen LogP contribution in [0.15, 0.2) is 22.7 Å². The Labute approximate surface area is 135 Å². The fourth-order valence-corrected chi connectivity index (χ4v) is 3.04. The number of nitrogens with zero attached hydrogens (tertiary/aromatic N) is 2. The summed E-state index contributed by atoms with van der Waals surface area (Å²) in [6.07, 6.45) is 4.20. The Morgan fingerprint density at radius 2 is 2.14 bits per heavy atom. The average molecular weight is 326 g/mol. The smallest absolute Gasteiger partial charge is 0.231 e. The summed E-state index contributed by atoms with van der Waals surface area (Å²) in [7, 11) is 0. The molecule has 2 unspecified atom stereocenters. The topological polar surface area (TPSA) is 64.9 Å². The van der Waals surface area contributed by atoms with Gasteiger partial charge in [-0.05, 0) is 50.5 Å². The number of aryl methyl sites for hydroxylation is 1. The van der Waals surface area contributed by atoms with Crippen molar-refractivity contribution in [3.8, 4) is 11.4 Å². The third-order valence-electron chi connectivity index (χ3n) is 4.41. The first kappa shape index (κ1) is 16.9. The largest absolute Gasteiger partial charge is 0.339 e. The normalized spacial score (nSPS) is 24.8. The van der Waals surface area contributed by atoms with Crippen LogP contribution in [-0.2, 0) is 0 Å². The molecule has 120 valence electrons. The van der Waals surface area contributed by atoms with Crippen LogP contribution >= 0.6 is 12.4 Å². The molecule has 1 fully saturated rings. The van der Waals surface area contributed by atoms with Crippen molar-refractivity contribution in [2.24, 2.45) is 5.73 Å². The molecule has 0 saturated heterocycles. The number of hydrogen-bond donors (Lipinski definition) is 1. The number of benzene rings is 1. The first-order valence-corrected chi connectivity index (χ1v) is 7.36. The highest BCUT2D eigenvalue weighted by Gasteiger charge is 2.37. The van der Waals surface area contributed by atoms with Crippen LogP contribution < -0.4 is 5.73 Å². The number of hydrogen-bond acceptors (Lipinski definition) is 4. The van der Waals surface area contributed by atoms with Gasteiger partial charge in [-0.3, -0.25) is 0 Å². The zero-order chi connectivity index (χ0) is 15.0. The number of nitrogens with two attached hydrogens (primary N) is 1. The van der Waals surface area contributed by atoms with Gasteiger partial charge in [0.1, 0.15) is 5.82 Å². The van der Waals surface area contributed by atoms with Gasteiger partial charge in [-0.25, -0.2) is 4.39 Å². The second-order valence-electron chi connectivity index (χ2n) is 6.22. The molecule has 3 rings (SSSR count). The van der Waals surface area contributed by atoms with Crippen molar-refractivity contribution in [3.05, 3.63) is 35.5 Å². The van der Waals surface area contributed by atoms with E-state index in [-0.39, 0.29) is 29.7 Å². The maximum Gasteiger partial charge on any atom is 0.231 e. The molecule has 1 aromatic carbocycles. The second-order valence-corrected chi connectivity index (χ2v) is 6.22. The van der Waals surface area contributed by atoms with E-state index in [9.17, 15) is 4.39 Å². The van der Waals surface area contributed by atoms with E-state index < -0.39 is 0 Å². The van der Waals surface area contributed by atoms with E-state index in [1.807, 2.05) is 6.92 Å². The second kappa shape index (κ2) is 6.34. The molecule has 1 aromatic heterocycles. The molecule has 6 heteroatoms. The first-order valence-electron chi connectivity index (χ1n) is 7.36. The standard InChI is InChI=1S/C16H20FN3O.ClH/c1-10-9-11(6-7-13(10)17)14-19-15(21-20-14)12-5-3-4-8-16(12,2)18;/h6-7,9,12H,3-5,8,18H2,1-2H3;1H. The maximum atomic E-state index is 13.3. The van der Waals surface area contributed by atoms with E-state index in [4.69, 9.17) is 10.3 Å². The molecule has 1 aliphatic rings. The van der Waals surface area contributed by atoms with Crippen LogP contribution in [0.5, 0.6) is 0 Å². The Hall–Kier alpha value is -1.46. The summed E-state index contributed by atoms with van der Waals surface area (Å²) >= 11 is 0. The van der Waals surface area contributed by atoms with Crippen molar-refractivity contribution in [3.63, 3.8) is 0 Å². The Morgan fingerprint density at radius 3 is 2.82 bits per heavy atom. The van der Waals surface area contributed by atoms with Gasteiger partial charge in [0.15, 0.2) is 0 Å². The summed E-state index contributed by atoms with van der Waals surface area (Å²) in [4.78, 5) is 4.49. The van der Waals surface area contributed by atoms with Crippen molar-refractivity contribution in [1.82, 2.24) is 10.1 Å². The highest BCUT2D eigenvalue weighted by atomic mass is 35.5. The van der Waals surface area contributed by atoms with Gasteiger partial charge in [0.2, 0.25) is 11.7 Å². The SMILES string of the molecule is Cc1cc(-c2noc(C3CCCCC3(C)N)n2)ccc1F.Cl. The molecule has 0 aliphatic heterocycles. The third-order valence-corrected chi connectivity index (χ3v) is 4.41. The summed E-state index contributed by atoms with van der Waals surface area (Å²) in [5, 5.41) is 4.03. The average Bonchev–Trinajstić information content (AvgIpc) is 2.91. The number of aromatic nitrogens is 2. The third kappa shape index (κ3) is 3.15. The minimum atomic E-state index is -0.305. The van der Waals surface area contributed by atoms with Gasteiger partial charge >= 0.3 is 0 Å². The molecule has 22 heavy (non-hydrogen) atoms. The van der Waals surface area contributed by atoms with Gasteiger partial charge in [-0.15, -0.1) is 12.4 Å². The lowest BCUT2D eigenvalue weighted by Crippen LogP contribution is -2.44. The van der Waals surface area contributed by atoms with Gasteiger partial charge in [-0.1, -0.05) is 18.0 Å². The molecule has 2 N–H and O–H groups in total. The molecule has 1 aliphatic carbocycles. The lowest BCUT2D eigenvalue weighted by Gasteiger charge is -2.35. The Kier molecular flexibility index (Phi) is 4.87. The van der Waals surface area contributed by atoms with Crippen LogP contribution in [0.3, 0.4) is 0 Å². The lowest BCUT2D eigenvalue weighted by atomic mass is 9.74. The van der Waals surface area contributed by atoms with Crippen LogP contribution in [0.4, 0.5) is 4.39 Å². The van der Waals surface area contributed by atoms with Crippen molar-refractivity contribution < 1.29 is 8.91 Å². The van der Waals surface area contributed by atoms with Crippen molar-refractivity contribution in [2.75, 3.05) is 0 Å². The molecule has 1 heterocycles. The van der Waals surface area contributed by atoms with Crippen LogP contribution in [0, 0.1) is 12.7 Å². The predicted molar refractivity (Wildman–Crippen MR) is 85.5 cm³/mol. The molecule has 4 nitrogen and oxygen atoms in total. The van der Waals surface area contributed by atoms with E-state index in [0.29, 0.717) is 17.3 Å². The summed E-state index contributed by atoms with van der Waals surface area (Å²) in [5.74, 6) is 0.949. The molecule has 0 radical (unpaired) electrons. The molecule has 0 spiro atoms. The molecular formula is C16H21ClFN3O. The van der Waals surface area contributed by atoms with Gasteiger partial charge in [0, 0.05) is 11.1 Å². The Morgan fingerprint density at radius 1 is 1.36 bits per heavy atom. The number of halogens is 2. The first-order chi connectivity index (χ1) is 9.97. The zero-order valence-electron chi connectivity index (χ0n) is 12.8. The van der Waals surface area contributed by atoms with Crippen molar-refractivity contribution in [2.45, 2.75) is 51.0 Å². The molecule has 1 saturated carbocycles. The van der Waals surface area contributed by atoms with E-state index in [2.05, 4.69) is 10.1 Å². The molecule has 0 bridgehead atoms. The quantitative estimate of drug-likeness (QED) is 0.907. The number of rotatable bonds is 2. The van der Waals surface area contributed by atoms with Crippen molar-refractivity contribution >= 4 is 12.4 Å². The van der Waals surface area contributed by atoms with Gasteiger partial charge in [0.05, 0.1) is 5.92 Å². The molecule has 2 aromatic rings. The highest BCUT2D eigenvalue weighted by Crippen LogP contribution is 2.38. The van der Waals surface area contributed by atoms with E-state index in [0.717, 1.165) is 31.2 Å². The van der Waals surface area contributed by atoms with Crippen LogP contribution in [-0.4, -0.2) is 15.7 Å². The fraction of sp³-hybridized carbons (Fsp3) is 0.500. The van der Waals surface area contributed by atoms with Gasteiger partial charge in [-0.2, -0.15) is 4.98 Å². The fourth-order valence-electron chi connectivity index (χ4n) is 3.04. The molecule has 2 atom stereocenters. The summed E-state index contributed by atoms with van der Waals surface area (Å²) in [6, 6.07) is 4.82. The maximum absolute atomic E-state index is 13.3. The van der Waals surface area contributed by atoms with E-state index in [1.165, 1.54) is 6.07 Å². The lowest BCUT2D eigenvalue weighted by molar-refractivity contribution is 0.223. The van der Waals surface area contributed by atoms with Gasteiger partial charge < -0.3 is 10.3 Å². The van der Waals surface area contributed by atoms with Crippen LogP contribution in [0.25, 0.3) is 11.4 Å². The van der Waals surface area contributed by atoms with Gasteiger partial charge in [0.25, 0.3) is 0 Å². The molecular weight excluding hydrogens is 305 g/mol. The van der Waals surface area contributed by atoms with E-state index in [1.54, 1.807) is 19.1 Å². The molecule has 0 amide bonds. The predicted octanol–water partition coefficient (Wildman–Crippen LogP) is 3.98.